The molecule has 3 aromatic heterocycles. The largest absolute Gasteiger partial charge is 0.467 e. The Bertz CT molecular complexity index is 1130. The molecule has 9 heteroatoms. The number of hydrogen-bond acceptors (Lipinski definition) is 6. The molecule has 0 saturated carbocycles. The first-order valence-electron chi connectivity index (χ1n) is 9.19. The van der Waals surface area contributed by atoms with E-state index in [1.54, 1.807) is 18.7 Å². The van der Waals surface area contributed by atoms with Crippen LogP contribution in [0.15, 0.2) is 81.2 Å². The number of anilines is 1. The zero-order valence-corrected chi connectivity index (χ0v) is 18.4. The summed E-state index contributed by atoms with van der Waals surface area (Å²) >= 11 is 4.76. The lowest BCUT2D eigenvalue weighted by molar-refractivity contribution is -0.115. The Balaban J connectivity index is 1.57. The van der Waals surface area contributed by atoms with Crippen LogP contribution in [0.25, 0.3) is 11.4 Å². The van der Waals surface area contributed by atoms with Crippen LogP contribution in [0.2, 0.25) is 0 Å². The van der Waals surface area contributed by atoms with Gasteiger partial charge in [0.2, 0.25) is 5.91 Å². The van der Waals surface area contributed by atoms with Gasteiger partial charge >= 0.3 is 0 Å². The number of thioether (sulfide) groups is 1. The van der Waals surface area contributed by atoms with E-state index >= 15 is 0 Å². The molecule has 0 aliphatic carbocycles. The van der Waals surface area contributed by atoms with E-state index in [0.29, 0.717) is 17.5 Å². The molecule has 4 rings (SSSR count). The third-order valence-electron chi connectivity index (χ3n) is 4.27. The fraction of sp³-hybridized carbons (Fsp3) is 0.143. The average molecular weight is 484 g/mol. The first-order valence-corrected chi connectivity index (χ1v) is 10.9. The number of benzene rings is 1. The van der Waals surface area contributed by atoms with Crippen molar-refractivity contribution in [2.75, 3.05) is 5.32 Å². The van der Waals surface area contributed by atoms with Gasteiger partial charge in [0.1, 0.15) is 5.76 Å². The van der Waals surface area contributed by atoms with E-state index in [1.807, 2.05) is 60.0 Å². The molecule has 1 unspecified atom stereocenters. The normalized spacial score (nSPS) is 11.9. The number of pyridine rings is 1. The van der Waals surface area contributed by atoms with Crippen LogP contribution in [0.1, 0.15) is 12.7 Å². The summed E-state index contributed by atoms with van der Waals surface area (Å²) < 4.78 is 8.35. The van der Waals surface area contributed by atoms with Gasteiger partial charge in [0, 0.05) is 28.1 Å². The number of rotatable bonds is 7. The van der Waals surface area contributed by atoms with Crippen LogP contribution in [0.3, 0.4) is 0 Å². The number of furan rings is 1. The Morgan fingerprint density at radius 1 is 1.23 bits per heavy atom. The van der Waals surface area contributed by atoms with Crippen molar-refractivity contribution in [1.29, 1.82) is 0 Å². The van der Waals surface area contributed by atoms with Gasteiger partial charge in [-0.15, -0.1) is 10.2 Å². The number of amides is 1. The summed E-state index contributed by atoms with van der Waals surface area (Å²) in [5, 5.41) is 11.9. The van der Waals surface area contributed by atoms with E-state index in [0.717, 1.165) is 21.5 Å². The number of hydrogen-bond donors (Lipinski definition) is 1. The molecule has 0 aliphatic heterocycles. The Hall–Kier alpha value is -2.91. The first-order chi connectivity index (χ1) is 14.6. The van der Waals surface area contributed by atoms with Crippen molar-refractivity contribution in [3.05, 3.63) is 77.4 Å². The van der Waals surface area contributed by atoms with E-state index in [9.17, 15) is 4.79 Å². The predicted molar refractivity (Wildman–Crippen MR) is 119 cm³/mol. The SMILES string of the molecule is CC(Sc1nnc(-c2cccnc2)n1Cc1ccco1)C(=O)Nc1cccc(Br)c1. The molecule has 0 fully saturated rings. The summed E-state index contributed by atoms with van der Waals surface area (Å²) in [6.45, 7) is 2.29. The smallest absolute Gasteiger partial charge is 0.237 e. The summed E-state index contributed by atoms with van der Waals surface area (Å²) in [5.74, 6) is 1.32. The van der Waals surface area contributed by atoms with Crippen LogP contribution in [-0.2, 0) is 11.3 Å². The van der Waals surface area contributed by atoms with E-state index in [1.165, 1.54) is 11.8 Å². The summed E-state index contributed by atoms with van der Waals surface area (Å²) in [5.41, 5.74) is 1.57. The molecule has 30 heavy (non-hydrogen) atoms. The minimum absolute atomic E-state index is 0.117. The quantitative estimate of drug-likeness (QED) is 0.377. The van der Waals surface area contributed by atoms with Gasteiger partial charge in [0.05, 0.1) is 18.1 Å². The number of carbonyl (C=O) groups is 1. The molecule has 0 aliphatic rings. The molecule has 0 radical (unpaired) electrons. The van der Waals surface area contributed by atoms with Gasteiger partial charge in [-0.05, 0) is 49.4 Å². The summed E-state index contributed by atoms with van der Waals surface area (Å²) in [6, 6.07) is 15.0. The van der Waals surface area contributed by atoms with Crippen molar-refractivity contribution >= 4 is 39.3 Å². The number of halogens is 1. The van der Waals surface area contributed by atoms with Gasteiger partial charge in [-0.1, -0.05) is 33.8 Å². The zero-order chi connectivity index (χ0) is 20.9. The number of carbonyl (C=O) groups excluding carboxylic acids is 1. The summed E-state index contributed by atoms with van der Waals surface area (Å²) in [7, 11) is 0. The lowest BCUT2D eigenvalue weighted by Gasteiger charge is -2.13. The highest BCUT2D eigenvalue weighted by Crippen LogP contribution is 2.28. The fourth-order valence-electron chi connectivity index (χ4n) is 2.81. The minimum atomic E-state index is -0.384. The van der Waals surface area contributed by atoms with Crippen molar-refractivity contribution in [3.8, 4) is 11.4 Å². The topological polar surface area (TPSA) is 85.8 Å². The molecule has 1 amide bonds. The third-order valence-corrected chi connectivity index (χ3v) is 5.85. The van der Waals surface area contributed by atoms with Crippen molar-refractivity contribution in [3.63, 3.8) is 0 Å². The molecule has 0 saturated heterocycles. The van der Waals surface area contributed by atoms with Crippen LogP contribution < -0.4 is 5.32 Å². The Kier molecular flexibility index (Phi) is 6.29. The maximum absolute atomic E-state index is 12.7. The van der Waals surface area contributed by atoms with E-state index < -0.39 is 0 Å². The van der Waals surface area contributed by atoms with Crippen LogP contribution >= 0.6 is 27.7 Å². The van der Waals surface area contributed by atoms with Gasteiger partial charge < -0.3 is 9.73 Å². The maximum atomic E-state index is 12.7. The standard InChI is InChI=1S/C21H18BrN5O2S/c1-14(20(28)24-17-7-2-6-16(22)11-17)30-21-26-25-19(15-5-3-9-23-12-15)27(21)13-18-8-4-10-29-18/h2-12,14H,13H2,1H3,(H,24,28). The van der Waals surface area contributed by atoms with Crippen molar-refractivity contribution in [1.82, 2.24) is 19.7 Å². The molecule has 1 atom stereocenters. The Morgan fingerprint density at radius 3 is 2.87 bits per heavy atom. The molecular formula is C21H18BrN5O2S. The lowest BCUT2D eigenvalue weighted by atomic mass is 10.2. The molecule has 0 bridgehead atoms. The highest BCUT2D eigenvalue weighted by atomic mass is 79.9. The maximum Gasteiger partial charge on any atom is 0.237 e. The monoisotopic (exact) mass is 483 g/mol. The fourth-order valence-corrected chi connectivity index (χ4v) is 4.05. The molecular weight excluding hydrogens is 466 g/mol. The molecule has 0 spiro atoms. The van der Waals surface area contributed by atoms with E-state index in [4.69, 9.17) is 4.42 Å². The zero-order valence-electron chi connectivity index (χ0n) is 16.0. The Morgan fingerprint density at radius 2 is 2.13 bits per heavy atom. The average Bonchev–Trinajstić information content (AvgIpc) is 3.39. The molecule has 1 N–H and O–H groups in total. The van der Waals surface area contributed by atoms with Gasteiger partial charge in [0.25, 0.3) is 0 Å². The van der Waals surface area contributed by atoms with Crippen molar-refractivity contribution in [2.24, 2.45) is 0 Å². The third kappa shape index (κ3) is 4.80. The molecule has 1 aromatic carbocycles. The van der Waals surface area contributed by atoms with Crippen LogP contribution in [0.4, 0.5) is 5.69 Å². The highest BCUT2D eigenvalue weighted by molar-refractivity contribution is 9.10. The van der Waals surface area contributed by atoms with Crippen LogP contribution in [-0.4, -0.2) is 30.9 Å². The van der Waals surface area contributed by atoms with Crippen molar-refractivity contribution < 1.29 is 9.21 Å². The molecule has 3 heterocycles. The van der Waals surface area contributed by atoms with Crippen LogP contribution in [0.5, 0.6) is 0 Å². The molecule has 4 aromatic rings. The van der Waals surface area contributed by atoms with Gasteiger partial charge in [-0.25, -0.2) is 0 Å². The van der Waals surface area contributed by atoms with Crippen LogP contribution in [0, 0.1) is 0 Å². The van der Waals surface area contributed by atoms with Gasteiger partial charge in [-0.3, -0.25) is 14.3 Å². The number of aromatic nitrogens is 4. The minimum Gasteiger partial charge on any atom is -0.467 e. The van der Waals surface area contributed by atoms with Crippen molar-refractivity contribution in [2.45, 2.75) is 23.9 Å². The lowest BCUT2D eigenvalue weighted by Crippen LogP contribution is -2.23. The second kappa shape index (κ2) is 9.27. The van der Waals surface area contributed by atoms with E-state index in [-0.39, 0.29) is 11.2 Å². The van der Waals surface area contributed by atoms with Gasteiger partial charge in [-0.2, -0.15) is 0 Å². The van der Waals surface area contributed by atoms with Gasteiger partial charge in [0.15, 0.2) is 11.0 Å². The first kappa shape index (κ1) is 20.4. The molecule has 152 valence electrons. The Labute approximate surface area is 186 Å². The summed E-state index contributed by atoms with van der Waals surface area (Å²) in [6.07, 6.45) is 5.07. The highest BCUT2D eigenvalue weighted by Gasteiger charge is 2.22. The second-order valence-corrected chi connectivity index (χ2v) is 8.70. The number of nitrogens with one attached hydrogen (secondary N) is 1. The van der Waals surface area contributed by atoms with E-state index in [2.05, 4.69) is 36.4 Å². The predicted octanol–water partition coefficient (Wildman–Crippen LogP) is 4.86. The summed E-state index contributed by atoms with van der Waals surface area (Å²) in [4.78, 5) is 16.9. The molecule has 7 nitrogen and oxygen atoms in total. The second-order valence-electron chi connectivity index (χ2n) is 6.47. The number of nitrogens with zero attached hydrogens (tertiary/aromatic N) is 4.